The molecule has 0 atom stereocenters. The fraction of sp³-hybridized carbons (Fsp3) is 0.750. The van der Waals surface area contributed by atoms with E-state index in [0.29, 0.717) is 0 Å². The maximum absolute atomic E-state index is 4.08. The van der Waals surface area contributed by atoms with Crippen molar-refractivity contribution in [2.75, 3.05) is 26.2 Å². The SMILES string of the molecule is C=C(NCCN(CC)CCC)S/C=C(/CC)CCC. The highest BCUT2D eigenvalue weighted by Gasteiger charge is 2.00. The Labute approximate surface area is 124 Å². The standard InChI is InChI=1S/C16H32N2S/c1-6-10-16(8-3)14-19-15(5)17-11-13-18(9-4)12-7-2/h14,17H,5-13H2,1-4H3/b16-14-. The molecule has 112 valence electrons. The average molecular weight is 285 g/mol. The maximum Gasteiger partial charge on any atom is 0.0651 e. The molecule has 0 heterocycles. The smallest absolute Gasteiger partial charge is 0.0651 e. The van der Waals surface area contributed by atoms with E-state index in [1.54, 1.807) is 11.8 Å². The molecule has 0 fully saturated rings. The Morgan fingerprint density at radius 3 is 2.42 bits per heavy atom. The zero-order chi connectivity index (χ0) is 14.5. The summed E-state index contributed by atoms with van der Waals surface area (Å²) in [6, 6.07) is 0. The van der Waals surface area contributed by atoms with E-state index in [0.717, 1.165) is 31.1 Å². The summed E-state index contributed by atoms with van der Waals surface area (Å²) in [6.45, 7) is 17.4. The van der Waals surface area contributed by atoms with Crippen LogP contribution in [0.2, 0.25) is 0 Å². The Morgan fingerprint density at radius 1 is 1.16 bits per heavy atom. The fourth-order valence-corrected chi connectivity index (χ4v) is 2.71. The molecule has 0 bridgehead atoms. The van der Waals surface area contributed by atoms with Gasteiger partial charge in [-0.1, -0.05) is 58.0 Å². The van der Waals surface area contributed by atoms with Gasteiger partial charge < -0.3 is 10.2 Å². The summed E-state index contributed by atoms with van der Waals surface area (Å²) in [5, 5.41) is 6.74. The third kappa shape index (κ3) is 10.1. The third-order valence-corrected chi connectivity index (χ3v) is 4.01. The number of allylic oxidation sites excluding steroid dienone is 1. The van der Waals surface area contributed by atoms with Gasteiger partial charge in [-0.2, -0.15) is 0 Å². The topological polar surface area (TPSA) is 15.3 Å². The van der Waals surface area contributed by atoms with Crippen LogP contribution in [0.4, 0.5) is 0 Å². The number of hydrogen-bond acceptors (Lipinski definition) is 3. The Morgan fingerprint density at radius 2 is 1.89 bits per heavy atom. The molecular weight excluding hydrogens is 252 g/mol. The highest BCUT2D eigenvalue weighted by Crippen LogP contribution is 2.19. The van der Waals surface area contributed by atoms with Crippen LogP contribution in [0.5, 0.6) is 0 Å². The normalized spacial score (nSPS) is 11.9. The van der Waals surface area contributed by atoms with E-state index in [2.05, 4.69) is 49.9 Å². The van der Waals surface area contributed by atoms with Gasteiger partial charge in [-0.15, -0.1) is 0 Å². The Hall–Kier alpha value is -0.410. The summed E-state index contributed by atoms with van der Waals surface area (Å²) < 4.78 is 0. The molecule has 19 heavy (non-hydrogen) atoms. The number of thioether (sulfide) groups is 1. The van der Waals surface area contributed by atoms with Crippen molar-refractivity contribution >= 4 is 11.8 Å². The zero-order valence-electron chi connectivity index (χ0n) is 13.3. The van der Waals surface area contributed by atoms with Gasteiger partial charge in [0.2, 0.25) is 0 Å². The van der Waals surface area contributed by atoms with Crippen LogP contribution in [0, 0.1) is 0 Å². The molecule has 0 aromatic rings. The highest BCUT2D eigenvalue weighted by molar-refractivity contribution is 8.05. The molecule has 0 saturated carbocycles. The highest BCUT2D eigenvalue weighted by atomic mass is 32.2. The number of nitrogens with zero attached hydrogens (tertiary/aromatic N) is 1. The van der Waals surface area contributed by atoms with Crippen LogP contribution in [0.3, 0.4) is 0 Å². The van der Waals surface area contributed by atoms with Gasteiger partial charge in [0.25, 0.3) is 0 Å². The summed E-state index contributed by atoms with van der Waals surface area (Å²) in [6.07, 6.45) is 4.80. The molecule has 0 rings (SSSR count). The van der Waals surface area contributed by atoms with E-state index in [1.807, 2.05) is 0 Å². The maximum atomic E-state index is 4.08. The lowest BCUT2D eigenvalue weighted by atomic mass is 10.1. The minimum Gasteiger partial charge on any atom is -0.379 e. The Kier molecular flexibility index (Phi) is 12.3. The van der Waals surface area contributed by atoms with Gasteiger partial charge in [0, 0.05) is 13.1 Å². The molecule has 0 unspecified atom stereocenters. The van der Waals surface area contributed by atoms with Crippen LogP contribution in [0.15, 0.2) is 22.6 Å². The van der Waals surface area contributed by atoms with Crippen LogP contribution in [-0.4, -0.2) is 31.1 Å². The molecule has 2 nitrogen and oxygen atoms in total. The second kappa shape index (κ2) is 12.6. The number of rotatable bonds is 12. The summed E-state index contributed by atoms with van der Waals surface area (Å²) in [5.74, 6) is 0. The molecule has 0 aromatic heterocycles. The molecule has 0 saturated heterocycles. The van der Waals surface area contributed by atoms with Crippen LogP contribution in [0.25, 0.3) is 0 Å². The second-order valence-electron chi connectivity index (χ2n) is 4.78. The third-order valence-electron chi connectivity index (χ3n) is 3.13. The van der Waals surface area contributed by atoms with E-state index in [1.165, 1.54) is 31.4 Å². The van der Waals surface area contributed by atoms with Gasteiger partial charge in [-0.05, 0) is 37.8 Å². The van der Waals surface area contributed by atoms with Gasteiger partial charge >= 0.3 is 0 Å². The molecular formula is C16H32N2S. The fourth-order valence-electron chi connectivity index (χ4n) is 1.93. The predicted octanol–water partition coefficient (Wildman–Crippen LogP) is 4.61. The van der Waals surface area contributed by atoms with Gasteiger partial charge in [0.1, 0.15) is 0 Å². The van der Waals surface area contributed by atoms with Gasteiger partial charge in [0.15, 0.2) is 0 Å². The van der Waals surface area contributed by atoms with Crippen molar-refractivity contribution in [3.63, 3.8) is 0 Å². The van der Waals surface area contributed by atoms with Crippen LogP contribution < -0.4 is 5.32 Å². The lowest BCUT2D eigenvalue weighted by Crippen LogP contribution is -2.31. The van der Waals surface area contributed by atoms with Crippen molar-refractivity contribution in [3.05, 3.63) is 22.6 Å². The summed E-state index contributed by atoms with van der Waals surface area (Å²) in [7, 11) is 0. The number of likely N-dealkylation sites (N-methyl/N-ethyl adjacent to an activating group) is 1. The molecule has 0 aromatic carbocycles. The monoisotopic (exact) mass is 284 g/mol. The van der Waals surface area contributed by atoms with Gasteiger partial charge in [-0.3, -0.25) is 0 Å². The van der Waals surface area contributed by atoms with Crippen LogP contribution in [-0.2, 0) is 0 Å². The minimum atomic E-state index is 0.989. The van der Waals surface area contributed by atoms with Crippen molar-refractivity contribution in [2.24, 2.45) is 0 Å². The van der Waals surface area contributed by atoms with Crippen molar-refractivity contribution in [1.29, 1.82) is 0 Å². The number of hydrogen-bond donors (Lipinski definition) is 1. The Balaban J connectivity index is 3.85. The molecule has 0 aliphatic heterocycles. The average Bonchev–Trinajstić information content (AvgIpc) is 2.42. The first-order chi connectivity index (χ1) is 9.17. The first kappa shape index (κ1) is 18.6. The number of nitrogens with one attached hydrogen (secondary N) is 1. The van der Waals surface area contributed by atoms with Gasteiger partial charge in [-0.25, -0.2) is 0 Å². The van der Waals surface area contributed by atoms with E-state index in [-0.39, 0.29) is 0 Å². The van der Waals surface area contributed by atoms with E-state index >= 15 is 0 Å². The lowest BCUT2D eigenvalue weighted by molar-refractivity contribution is 0.291. The summed E-state index contributed by atoms with van der Waals surface area (Å²) >= 11 is 1.74. The van der Waals surface area contributed by atoms with Crippen molar-refractivity contribution in [1.82, 2.24) is 10.2 Å². The summed E-state index contributed by atoms with van der Waals surface area (Å²) in [4.78, 5) is 2.47. The molecule has 0 spiro atoms. The van der Waals surface area contributed by atoms with E-state index < -0.39 is 0 Å². The zero-order valence-corrected chi connectivity index (χ0v) is 14.1. The largest absolute Gasteiger partial charge is 0.379 e. The van der Waals surface area contributed by atoms with Crippen LogP contribution >= 0.6 is 11.8 Å². The minimum absolute atomic E-state index is 0.989. The van der Waals surface area contributed by atoms with E-state index in [9.17, 15) is 0 Å². The first-order valence-electron chi connectivity index (χ1n) is 7.67. The van der Waals surface area contributed by atoms with Gasteiger partial charge in [0.05, 0.1) is 5.03 Å². The van der Waals surface area contributed by atoms with Crippen LogP contribution in [0.1, 0.15) is 53.4 Å². The Bertz CT molecular complexity index is 261. The molecule has 0 aliphatic carbocycles. The quantitative estimate of drug-likeness (QED) is 0.563. The molecule has 0 radical (unpaired) electrons. The molecule has 0 amide bonds. The predicted molar refractivity (Wildman–Crippen MR) is 90.4 cm³/mol. The van der Waals surface area contributed by atoms with Crippen molar-refractivity contribution in [3.8, 4) is 0 Å². The first-order valence-corrected chi connectivity index (χ1v) is 8.55. The molecule has 3 heteroatoms. The summed E-state index contributed by atoms with van der Waals surface area (Å²) in [5.41, 5.74) is 1.52. The second-order valence-corrected chi connectivity index (χ2v) is 5.75. The molecule has 0 aliphatic rings. The van der Waals surface area contributed by atoms with Crippen molar-refractivity contribution < 1.29 is 0 Å². The molecule has 1 N–H and O–H groups in total. The lowest BCUT2D eigenvalue weighted by Gasteiger charge is -2.20. The van der Waals surface area contributed by atoms with Crippen molar-refractivity contribution in [2.45, 2.75) is 53.4 Å². The van der Waals surface area contributed by atoms with E-state index in [4.69, 9.17) is 0 Å².